The Morgan fingerprint density at radius 2 is 2.14 bits per heavy atom. The van der Waals surface area contributed by atoms with Crippen molar-refractivity contribution in [3.05, 3.63) is 62.0 Å². The van der Waals surface area contributed by atoms with E-state index in [1.165, 1.54) is 33.0 Å². The molecule has 0 bridgehead atoms. The number of fused-ring (bicyclic) bond motifs is 1. The lowest BCUT2D eigenvalue weighted by Crippen LogP contribution is -2.35. The van der Waals surface area contributed by atoms with Gasteiger partial charge >= 0.3 is 0 Å². The van der Waals surface area contributed by atoms with Crippen LogP contribution in [0.25, 0.3) is 0 Å². The summed E-state index contributed by atoms with van der Waals surface area (Å²) in [6.45, 7) is 0.381. The van der Waals surface area contributed by atoms with Gasteiger partial charge in [-0.15, -0.1) is 22.7 Å². The van der Waals surface area contributed by atoms with Gasteiger partial charge in [-0.25, -0.2) is 17.8 Å². The van der Waals surface area contributed by atoms with Gasteiger partial charge in [-0.05, 0) is 29.6 Å². The number of halogens is 2. The zero-order valence-corrected chi connectivity index (χ0v) is 17.4. The van der Waals surface area contributed by atoms with Crippen molar-refractivity contribution in [1.82, 2.24) is 9.29 Å². The molecule has 0 fully saturated rings. The molecule has 6 nitrogen and oxygen atoms in total. The third-order valence-corrected chi connectivity index (χ3v) is 8.19. The molecule has 0 saturated heterocycles. The first kappa shape index (κ1) is 19.5. The number of thiazole rings is 1. The first-order chi connectivity index (χ1) is 13.3. The van der Waals surface area contributed by atoms with Crippen LogP contribution in [0.1, 0.15) is 20.2 Å². The number of sulfonamides is 1. The predicted octanol–water partition coefficient (Wildman–Crippen LogP) is 4.00. The summed E-state index contributed by atoms with van der Waals surface area (Å²) < 4.78 is 40.4. The third kappa shape index (κ3) is 3.70. The molecule has 0 saturated carbocycles. The molecule has 1 aliphatic rings. The highest BCUT2D eigenvalue weighted by molar-refractivity contribution is 7.89. The summed E-state index contributed by atoms with van der Waals surface area (Å²) in [5.41, 5.74) is 0.773. The van der Waals surface area contributed by atoms with Gasteiger partial charge in [0, 0.05) is 17.8 Å². The van der Waals surface area contributed by atoms with Gasteiger partial charge in [0.2, 0.25) is 10.0 Å². The number of carbonyl (C=O) groups excluding carboxylic acids is 1. The molecule has 1 amide bonds. The van der Waals surface area contributed by atoms with Crippen LogP contribution < -0.4 is 5.32 Å². The third-order valence-electron chi connectivity index (χ3n) is 4.19. The number of aromatic nitrogens is 1. The minimum Gasteiger partial charge on any atom is -0.297 e. The highest BCUT2D eigenvalue weighted by atomic mass is 35.5. The highest BCUT2D eigenvalue weighted by Crippen LogP contribution is 2.32. The number of anilines is 1. The van der Waals surface area contributed by atoms with Crippen molar-refractivity contribution in [2.24, 2.45) is 0 Å². The van der Waals surface area contributed by atoms with E-state index in [0.29, 0.717) is 16.4 Å². The number of rotatable bonds is 4. The smallest absolute Gasteiger partial charge is 0.267 e. The molecule has 146 valence electrons. The Labute approximate surface area is 173 Å². The standard InChI is InChI=1S/C17H13ClFN3O3S3/c18-11-8-10(3-4-12(11)19)28(24,25)22-6-5-13-15(9-22)27-17(20-13)21-16(23)14-2-1-7-26-14/h1-4,7-8H,5-6,9H2,(H,20,21,23). The summed E-state index contributed by atoms with van der Waals surface area (Å²) in [5, 5.41) is 4.76. The Morgan fingerprint density at radius 3 is 2.86 bits per heavy atom. The maximum absolute atomic E-state index is 13.4. The summed E-state index contributed by atoms with van der Waals surface area (Å²) in [4.78, 5) is 17.9. The van der Waals surface area contributed by atoms with Gasteiger partial charge in [-0.2, -0.15) is 4.31 Å². The van der Waals surface area contributed by atoms with Crippen molar-refractivity contribution in [3.63, 3.8) is 0 Å². The summed E-state index contributed by atoms with van der Waals surface area (Å²) in [6, 6.07) is 6.86. The van der Waals surface area contributed by atoms with Crippen LogP contribution in [0.2, 0.25) is 5.02 Å². The SMILES string of the molecule is O=C(Nc1nc2c(s1)CN(S(=O)(=O)c1ccc(F)c(Cl)c1)CC2)c1cccs1. The maximum Gasteiger partial charge on any atom is 0.267 e. The van der Waals surface area contributed by atoms with Gasteiger partial charge in [-0.3, -0.25) is 10.1 Å². The molecule has 1 aliphatic heterocycles. The molecule has 0 atom stereocenters. The molecular formula is C17H13ClFN3O3S3. The van der Waals surface area contributed by atoms with E-state index in [2.05, 4.69) is 10.3 Å². The molecular weight excluding hydrogens is 445 g/mol. The molecule has 0 radical (unpaired) electrons. The van der Waals surface area contributed by atoms with Crippen LogP contribution in [0.3, 0.4) is 0 Å². The summed E-state index contributed by atoms with van der Waals surface area (Å²) in [5.74, 6) is -0.915. The molecule has 0 unspecified atom stereocenters. The minimum absolute atomic E-state index is 0.0573. The second-order valence-corrected chi connectivity index (χ2v) is 10.4. The largest absolute Gasteiger partial charge is 0.297 e. The Balaban J connectivity index is 1.54. The van der Waals surface area contributed by atoms with Gasteiger partial charge < -0.3 is 0 Å². The van der Waals surface area contributed by atoms with E-state index < -0.39 is 15.8 Å². The lowest BCUT2D eigenvalue weighted by Gasteiger charge is -2.25. The second-order valence-electron chi connectivity index (χ2n) is 5.98. The van der Waals surface area contributed by atoms with E-state index in [1.807, 2.05) is 5.38 Å². The van der Waals surface area contributed by atoms with E-state index in [1.54, 1.807) is 12.1 Å². The summed E-state index contributed by atoms with van der Waals surface area (Å²) >= 11 is 8.31. The number of benzene rings is 1. The molecule has 1 N–H and O–H groups in total. The molecule has 0 aliphatic carbocycles. The topological polar surface area (TPSA) is 79.4 Å². The number of nitrogens with one attached hydrogen (secondary N) is 1. The average Bonchev–Trinajstić information content (AvgIpc) is 3.32. The molecule has 3 heterocycles. The van der Waals surface area contributed by atoms with Crippen LogP contribution in [-0.2, 0) is 23.0 Å². The Kier molecular flexibility index (Phi) is 5.23. The fourth-order valence-corrected chi connectivity index (χ4v) is 6.18. The van der Waals surface area contributed by atoms with Crippen molar-refractivity contribution in [2.45, 2.75) is 17.9 Å². The Bertz CT molecular complexity index is 1150. The van der Waals surface area contributed by atoms with Crippen LogP contribution in [0.4, 0.5) is 9.52 Å². The molecule has 4 rings (SSSR count). The number of carbonyl (C=O) groups is 1. The first-order valence-electron chi connectivity index (χ1n) is 8.13. The van der Waals surface area contributed by atoms with E-state index >= 15 is 0 Å². The van der Waals surface area contributed by atoms with E-state index in [4.69, 9.17) is 11.6 Å². The van der Waals surface area contributed by atoms with Crippen molar-refractivity contribution < 1.29 is 17.6 Å². The van der Waals surface area contributed by atoms with Crippen LogP contribution in [0, 0.1) is 5.82 Å². The van der Waals surface area contributed by atoms with Crippen LogP contribution in [-0.4, -0.2) is 30.2 Å². The number of thiophene rings is 1. The van der Waals surface area contributed by atoms with Crippen LogP contribution in [0.5, 0.6) is 0 Å². The second kappa shape index (κ2) is 7.53. The summed E-state index contributed by atoms with van der Waals surface area (Å²) in [6.07, 6.45) is 0.425. The van der Waals surface area contributed by atoms with E-state index in [-0.39, 0.29) is 28.9 Å². The Morgan fingerprint density at radius 1 is 1.32 bits per heavy atom. The first-order valence-corrected chi connectivity index (χ1v) is 11.6. The molecule has 28 heavy (non-hydrogen) atoms. The van der Waals surface area contributed by atoms with Crippen molar-refractivity contribution >= 4 is 55.3 Å². The lowest BCUT2D eigenvalue weighted by molar-refractivity contribution is 0.103. The van der Waals surface area contributed by atoms with Crippen LogP contribution in [0.15, 0.2) is 40.6 Å². The van der Waals surface area contributed by atoms with Crippen molar-refractivity contribution in [1.29, 1.82) is 0 Å². The number of amides is 1. The summed E-state index contributed by atoms with van der Waals surface area (Å²) in [7, 11) is -3.82. The van der Waals surface area contributed by atoms with Gasteiger partial charge in [0.1, 0.15) is 5.82 Å². The monoisotopic (exact) mass is 457 g/mol. The van der Waals surface area contributed by atoms with Crippen LogP contribution >= 0.6 is 34.3 Å². The maximum atomic E-state index is 13.4. The van der Waals surface area contributed by atoms with E-state index in [0.717, 1.165) is 22.7 Å². The molecule has 2 aromatic heterocycles. The van der Waals surface area contributed by atoms with E-state index in [9.17, 15) is 17.6 Å². The quantitative estimate of drug-likeness (QED) is 0.642. The van der Waals surface area contributed by atoms with Crippen molar-refractivity contribution in [2.75, 3.05) is 11.9 Å². The average molecular weight is 458 g/mol. The van der Waals surface area contributed by atoms with Crippen molar-refractivity contribution in [3.8, 4) is 0 Å². The number of hydrogen-bond donors (Lipinski definition) is 1. The predicted molar refractivity (Wildman–Crippen MR) is 107 cm³/mol. The number of hydrogen-bond acceptors (Lipinski definition) is 6. The minimum atomic E-state index is -3.82. The molecule has 3 aromatic rings. The zero-order valence-electron chi connectivity index (χ0n) is 14.2. The lowest BCUT2D eigenvalue weighted by atomic mass is 10.2. The highest BCUT2D eigenvalue weighted by Gasteiger charge is 2.31. The normalized spacial score (nSPS) is 14.6. The molecule has 0 spiro atoms. The number of nitrogens with zero attached hydrogens (tertiary/aromatic N) is 2. The fourth-order valence-electron chi connectivity index (χ4n) is 2.78. The Hall–Kier alpha value is -1.85. The van der Waals surface area contributed by atoms with Gasteiger partial charge in [0.15, 0.2) is 5.13 Å². The fraction of sp³-hybridized carbons (Fsp3) is 0.176. The van der Waals surface area contributed by atoms with Gasteiger partial charge in [-0.1, -0.05) is 17.7 Å². The molecule has 1 aromatic carbocycles. The van der Waals surface area contributed by atoms with Gasteiger partial charge in [0.25, 0.3) is 5.91 Å². The zero-order chi connectivity index (χ0) is 19.9. The molecule has 11 heteroatoms. The van der Waals surface area contributed by atoms with Gasteiger partial charge in [0.05, 0.1) is 27.0 Å².